The van der Waals surface area contributed by atoms with Gasteiger partial charge in [-0.3, -0.25) is 15.0 Å². The smallest absolute Gasteiger partial charge is 0.417 e. The Morgan fingerprint density at radius 3 is 2.39 bits per heavy atom. The van der Waals surface area contributed by atoms with Crippen molar-refractivity contribution in [2.75, 3.05) is 12.5 Å². The molecule has 8 rings (SSSR count). The minimum atomic E-state index is -4.76. The number of rotatable bonds is 7. The molecule has 4 atom stereocenters. The number of anilines is 1. The molecule has 17 heteroatoms. The first-order valence-corrected chi connectivity index (χ1v) is 17.9. The summed E-state index contributed by atoms with van der Waals surface area (Å²) in [6, 6.07) is 19.1. The molecule has 2 amide bonds. The van der Waals surface area contributed by atoms with Gasteiger partial charge in [-0.25, -0.2) is 28.5 Å². The lowest BCUT2D eigenvalue weighted by Gasteiger charge is -2.47. The summed E-state index contributed by atoms with van der Waals surface area (Å²) in [5.74, 6) is -4.07. The number of carbonyl (C=O) groups excluding carboxylic acids is 2. The normalized spacial score (nSPS) is 21.8. The first kappa shape index (κ1) is 36.9. The number of nitrogens with zero attached hydrogens (tertiary/aromatic N) is 5. The molecule has 0 spiro atoms. The molecule has 3 aromatic carbocycles. The lowest BCUT2D eigenvalue weighted by molar-refractivity contribution is -0.139. The Morgan fingerprint density at radius 2 is 1.71 bits per heavy atom. The van der Waals surface area contributed by atoms with E-state index in [2.05, 4.69) is 10.4 Å². The molecular weight excluding hydrogens is 776 g/mol. The zero-order valence-corrected chi connectivity index (χ0v) is 30.6. The number of phenols is 1. The highest BCUT2D eigenvalue weighted by Gasteiger charge is 2.68. The van der Waals surface area contributed by atoms with E-state index in [0.717, 1.165) is 4.57 Å². The molecule has 0 radical (unpaired) electrons. The fourth-order valence-electron chi connectivity index (χ4n) is 8.09. The van der Waals surface area contributed by atoms with Gasteiger partial charge in [0.05, 0.1) is 47.3 Å². The van der Waals surface area contributed by atoms with Gasteiger partial charge < -0.3 is 9.84 Å². The van der Waals surface area contributed by atoms with Crippen molar-refractivity contribution in [1.29, 1.82) is 0 Å². The van der Waals surface area contributed by atoms with Crippen molar-refractivity contribution in [3.05, 3.63) is 150 Å². The first-order chi connectivity index (χ1) is 26.7. The molecule has 0 bridgehead atoms. The Balaban J connectivity index is 1.33. The number of carbonyl (C=O) groups is 2. The SMILES string of the molecule is COc1cc(C=C[C@H]2C3=CCn4c(=O)n(-c5ccccc5)c(=O)n4[C@@H]3C[C@H]3C(=O)N(Nc4ncc(C(F)(F)F)cc4Cl)C(=O)[C@@]23c2ccc(Cl)cc2)ccc1O. The zero-order chi connectivity index (χ0) is 39.7. The van der Waals surface area contributed by atoms with E-state index in [-0.39, 0.29) is 30.3 Å². The van der Waals surface area contributed by atoms with Crippen LogP contribution in [-0.2, 0) is 27.7 Å². The maximum Gasteiger partial charge on any atom is 0.417 e. The number of alkyl halides is 3. The van der Waals surface area contributed by atoms with E-state index in [9.17, 15) is 32.7 Å². The van der Waals surface area contributed by atoms with Gasteiger partial charge in [0.1, 0.15) is 0 Å². The van der Waals surface area contributed by atoms with Crippen molar-refractivity contribution in [3.63, 3.8) is 0 Å². The fraction of sp³-hybridized carbons (Fsp3) is 0.205. The number of allylic oxidation sites excluding steroid dienone is 3. The molecule has 56 heavy (non-hydrogen) atoms. The highest BCUT2D eigenvalue weighted by atomic mass is 35.5. The zero-order valence-electron chi connectivity index (χ0n) is 29.1. The number of halogens is 5. The molecule has 2 fully saturated rings. The number of aromatic nitrogens is 4. The van der Waals surface area contributed by atoms with Crippen molar-refractivity contribution in [2.24, 2.45) is 11.8 Å². The molecule has 2 aliphatic heterocycles. The molecular formula is C39H29Cl2F3N6O6. The fourth-order valence-corrected chi connectivity index (χ4v) is 8.43. The third-order valence-corrected chi connectivity index (χ3v) is 11.1. The second kappa shape index (κ2) is 13.6. The number of hydrogen-bond donors (Lipinski definition) is 2. The van der Waals surface area contributed by atoms with E-state index in [1.807, 2.05) is 0 Å². The summed E-state index contributed by atoms with van der Waals surface area (Å²) in [4.78, 5) is 61.9. The standard InChI is InChI=1S/C39H29Cl2F3N6O6/c1-56-32-17-21(8-14-31(32)51)7-13-27-26-15-16-47-36(54)48(25-5-3-2-4-6-25)37(55)50(47)30(26)19-28-34(52)49(35(53)38(27,28)22-9-11-24(40)12-10-22)46-33-29(41)18-23(20-45-33)39(42,43)44/h2-15,17-18,20,27-28,30,51H,16,19H2,1H3,(H,45,46)/t27-,28-,30+,38-/m0/s1. The summed E-state index contributed by atoms with van der Waals surface area (Å²) in [5.41, 5.74) is 0.295. The Morgan fingerprint density at radius 1 is 0.982 bits per heavy atom. The van der Waals surface area contributed by atoms with E-state index >= 15 is 4.79 Å². The summed E-state index contributed by atoms with van der Waals surface area (Å²) >= 11 is 12.6. The van der Waals surface area contributed by atoms with Crippen LogP contribution in [0.15, 0.2) is 112 Å². The number of nitrogens with one attached hydrogen (secondary N) is 1. The second-order valence-electron chi connectivity index (χ2n) is 13.5. The summed E-state index contributed by atoms with van der Waals surface area (Å²) in [7, 11) is 1.39. The predicted octanol–water partition coefficient (Wildman–Crippen LogP) is 6.40. The van der Waals surface area contributed by atoms with Crippen LogP contribution in [0.4, 0.5) is 19.0 Å². The molecule has 3 aliphatic rings. The number of aromatic hydroxyl groups is 1. The van der Waals surface area contributed by atoms with E-state index < -0.39 is 63.2 Å². The maximum atomic E-state index is 15.2. The molecule has 4 heterocycles. The number of fused-ring (bicyclic) bond motifs is 4. The molecule has 2 N–H and O–H groups in total. The molecule has 2 aromatic heterocycles. The van der Waals surface area contributed by atoms with Crippen molar-refractivity contribution in [2.45, 2.75) is 30.6 Å². The molecule has 5 aromatic rings. The average molecular weight is 806 g/mol. The summed E-state index contributed by atoms with van der Waals surface area (Å²) < 4.78 is 49.4. The van der Waals surface area contributed by atoms with Crippen LogP contribution in [0.25, 0.3) is 11.8 Å². The average Bonchev–Trinajstić information content (AvgIpc) is 3.56. The monoisotopic (exact) mass is 804 g/mol. The quantitative estimate of drug-likeness (QED) is 0.142. The van der Waals surface area contributed by atoms with E-state index in [0.29, 0.717) is 44.7 Å². The van der Waals surface area contributed by atoms with Gasteiger partial charge in [0.15, 0.2) is 17.3 Å². The number of phenolic OH excluding ortho intramolecular Hbond substituents is 1. The van der Waals surface area contributed by atoms with Gasteiger partial charge in [0.2, 0.25) is 0 Å². The number of amides is 2. The first-order valence-electron chi connectivity index (χ1n) is 17.1. The number of hydrazine groups is 1. The predicted molar refractivity (Wildman–Crippen MR) is 200 cm³/mol. The Kier molecular flexibility index (Phi) is 8.96. The van der Waals surface area contributed by atoms with Gasteiger partial charge in [-0.2, -0.15) is 18.2 Å². The number of pyridine rings is 1. The van der Waals surface area contributed by atoms with Crippen molar-refractivity contribution in [3.8, 4) is 17.2 Å². The lowest BCUT2D eigenvalue weighted by Crippen LogP contribution is -2.54. The number of hydrogen-bond acceptors (Lipinski definition) is 8. The van der Waals surface area contributed by atoms with E-state index in [1.165, 1.54) is 22.5 Å². The van der Waals surface area contributed by atoms with Crippen molar-refractivity contribution in [1.82, 2.24) is 23.9 Å². The van der Waals surface area contributed by atoms with Crippen molar-refractivity contribution < 1.29 is 32.6 Å². The van der Waals surface area contributed by atoms with Gasteiger partial charge in [0, 0.05) is 17.1 Å². The van der Waals surface area contributed by atoms with Crippen LogP contribution >= 0.6 is 23.2 Å². The topological polar surface area (TPSA) is 141 Å². The maximum absolute atomic E-state index is 15.2. The molecule has 1 saturated heterocycles. The molecule has 12 nitrogen and oxygen atoms in total. The van der Waals surface area contributed by atoms with Crippen LogP contribution in [0.3, 0.4) is 0 Å². The van der Waals surface area contributed by atoms with Crippen LogP contribution in [-0.4, -0.2) is 48.0 Å². The molecule has 286 valence electrons. The summed E-state index contributed by atoms with van der Waals surface area (Å²) in [6.45, 7) is -0.0480. The third kappa shape index (κ3) is 5.72. The third-order valence-electron chi connectivity index (χ3n) is 10.6. The Bertz CT molecular complexity index is 2600. The number of imide groups is 1. The number of benzene rings is 3. The van der Waals surface area contributed by atoms with Crippen LogP contribution in [0.2, 0.25) is 10.0 Å². The van der Waals surface area contributed by atoms with E-state index in [4.69, 9.17) is 27.9 Å². The second-order valence-corrected chi connectivity index (χ2v) is 14.3. The summed E-state index contributed by atoms with van der Waals surface area (Å²) in [6.07, 6.45) is 0.805. The van der Waals surface area contributed by atoms with Gasteiger partial charge >= 0.3 is 17.6 Å². The number of para-hydroxylation sites is 1. The number of ether oxygens (including phenoxy) is 1. The minimum Gasteiger partial charge on any atom is -0.504 e. The Labute approximate surface area is 325 Å². The highest BCUT2D eigenvalue weighted by Crippen LogP contribution is 2.59. The minimum absolute atomic E-state index is 0.0480. The largest absolute Gasteiger partial charge is 0.504 e. The van der Waals surface area contributed by atoms with Crippen LogP contribution in [0, 0.1) is 11.8 Å². The summed E-state index contributed by atoms with van der Waals surface area (Å²) in [5, 5.41) is 10.8. The number of methoxy groups -OCH3 is 1. The highest BCUT2D eigenvalue weighted by molar-refractivity contribution is 6.33. The lowest BCUT2D eigenvalue weighted by atomic mass is 9.54. The van der Waals surface area contributed by atoms with Gasteiger partial charge in [-0.1, -0.05) is 77.8 Å². The molecule has 1 saturated carbocycles. The van der Waals surface area contributed by atoms with Gasteiger partial charge in [-0.15, -0.1) is 0 Å². The van der Waals surface area contributed by atoms with Gasteiger partial charge in [0.25, 0.3) is 11.8 Å². The van der Waals surface area contributed by atoms with Crippen LogP contribution < -0.4 is 21.5 Å². The molecule has 0 unspecified atom stereocenters. The molecule has 1 aliphatic carbocycles. The Hall–Kier alpha value is -6.06. The van der Waals surface area contributed by atoms with Crippen LogP contribution in [0.1, 0.15) is 29.2 Å². The van der Waals surface area contributed by atoms with Crippen molar-refractivity contribution >= 4 is 46.9 Å². The van der Waals surface area contributed by atoms with Crippen LogP contribution in [0.5, 0.6) is 11.5 Å². The van der Waals surface area contributed by atoms with Gasteiger partial charge in [-0.05, 0) is 65.6 Å². The van der Waals surface area contributed by atoms with E-state index in [1.54, 1.807) is 85.0 Å².